The Morgan fingerprint density at radius 1 is 1.15 bits per heavy atom. The number of hydrogen-bond donors (Lipinski definition) is 2. The molecule has 1 amide bonds. The first-order valence-electron chi connectivity index (χ1n) is 6.12. The van der Waals surface area contributed by atoms with Gasteiger partial charge in [0, 0.05) is 35.6 Å². The van der Waals surface area contributed by atoms with Crippen LogP contribution in [0.4, 0.5) is 11.4 Å². The number of hydrogen-bond acceptors (Lipinski definition) is 3. The van der Waals surface area contributed by atoms with Crippen LogP contribution in [0.5, 0.6) is 0 Å². The number of nitrogens with two attached hydrogens (primary N) is 2. The summed E-state index contributed by atoms with van der Waals surface area (Å²) in [5.74, 6) is -0.149. The zero-order valence-electron chi connectivity index (χ0n) is 11.1. The van der Waals surface area contributed by atoms with Crippen molar-refractivity contribution in [2.45, 2.75) is 6.54 Å². The van der Waals surface area contributed by atoms with E-state index >= 15 is 0 Å². The normalized spacial score (nSPS) is 10.3. The molecular weight excluding hydrogens is 274 g/mol. The third-order valence-electron chi connectivity index (χ3n) is 2.94. The van der Waals surface area contributed by atoms with E-state index in [9.17, 15) is 4.79 Å². The minimum atomic E-state index is -0.149. The molecule has 4 N–H and O–H groups in total. The lowest BCUT2D eigenvalue weighted by atomic mass is 10.1. The number of nitrogens with zero attached hydrogens (tertiary/aromatic N) is 1. The van der Waals surface area contributed by atoms with E-state index in [0.29, 0.717) is 28.5 Å². The summed E-state index contributed by atoms with van der Waals surface area (Å²) < 4.78 is 0. The zero-order valence-corrected chi connectivity index (χ0v) is 11.9. The molecule has 2 aromatic rings. The molecule has 0 radical (unpaired) electrons. The molecule has 0 fully saturated rings. The van der Waals surface area contributed by atoms with Crippen LogP contribution in [-0.4, -0.2) is 17.9 Å². The second-order valence-corrected chi connectivity index (χ2v) is 5.05. The van der Waals surface area contributed by atoms with Gasteiger partial charge in [0.2, 0.25) is 0 Å². The predicted molar refractivity (Wildman–Crippen MR) is 82.5 cm³/mol. The molecule has 0 aliphatic carbocycles. The van der Waals surface area contributed by atoms with Gasteiger partial charge in [-0.15, -0.1) is 0 Å². The van der Waals surface area contributed by atoms with Gasteiger partial charge in [0.05, 0.1) is 0 Å². The first-order chi connectivity index (χ1) is 9.47. The molecule has 0 saturated carbocycles. The van der Waals surface area contributed by atoms with E-state index in [0.717, 1.165) is 5.56 Å². The summed E-state index contributed by atoms with van der Waals surface area (Å²) in [5, 5.41) is 0.638. The largest absolute Gasteiger partial charge is 0.399 e. The minimum Gasteiger partial charge on any atom is -0.399 e. The molecule has 5 heteroatoms. The van der Waals surface area contributed by atoms with Crippen LogP contribution in [-0.2, 0) is 6.54 Å². The summed E-state index contributed by atoms with van der Waals surface area (Å²) in [6, 6.07) is 12.3. The number of nitrogen functional groups attached to an aromatic ring is 2. The molecule has 0 aromatic heterocycles. The van der Waals surface area contributed by atoms with E-state index in [1.165, 1.54) is 0 Å². The fourth-order valence-electron chi connectivity index (χ4n) is 1.97. The molecule has 2 aromatic carbocycles. The fraction of sp³-hybridized carbons (Fsp3) is 0.133. The Kier molecular flexibility index (Phi) is 4.15. The van der Waals surface area contributed by atoms with Gasteiger partial charge in [-0.1, -0.05) is 29.8 Å². The number of anilines is 2. The summed E-state index contributed by atoms with van der Waals surface area (Å²) in [5.41, 5.74) is 13.7. The van der Waals surface area contributed by atoms with Crippen LogP contribution in [0.1, 0.15) is 15.9 Å². The molecule has 0 spiro atoms. The van der Waals surface area contributed by atoms with Crippen molar-refractivity contribution in [1.82, 2.24) is 4.90 Å². The average molecular weight is 290 g/mol. The summed E-state index contributed by atoms with van der Waals surface area (Å²) in [6.45, 7) is 0.424. The Morgan fingerprint density at radius 2 is 1.75 bits per heavy atom. The van der Waals surface area contributed by atoms with E-state index in [4.69, 9.17) is 23.1 Å². The Bertz CT molecular complexity index is 623. The molecule has 0 unspecified atom stereocenters. The molecule has 0 saturated heterocycles. The third-order valence-corrected chi connectivity index (χ3v) is 3.31. The smallest absolute Gasteiger partial charge is 0.254 e. The molecule has 4 nitrogen and oxygen atoms in total. The summed E-state index contributed by atoms with van der Waals surface area (Å²) in [4.78, 5) is 13.9. The molecule has 20 heavy (non-hydrogen) atoms. The maximum absolute atomic E-state index is 12.3. The Labute approximate surface area is 122 Å². The SMILES string of the molecule is CN(Cc1ccccc1Cl)C(=O)c1cc(N)cc(N)c1. The van der Waals surface area contributed by atoms with E-state index in [1.54, 1.807) is 36.2 Å². The molecule has 2 rings (SSSR count). The summed E-state index contributed by atoms with van der Waals surface area (Å²) in [6.07, 6.45) is 0. The predicted octanol–water partition coefficient (Wildman–Crippen LogP) is 2.78. The van der Waals surface area contributed by atoms with Crippen molar-refractivity contribution in [3.8, 4) is 0 Å². The molecule has 104 valence electrons. The van der Waals surface area contributed by atoms with Crippen LogP contribution >= 0.6 is 11.6 Å². The van der Waals surface area contributed by atoms with Gasteiger partial charge in [-0.2, -0.15) is 0 Å². The van der Waals surface area contributed by atoms with Gasteiger partial charge < -0.3 is 16.4 Å². The van der Waals surface area contributed by atoms with Crippen molar-refractivity contribution in [3.05, 3.63) is 58.6 Å². The van der Waals surface area contributed by atoms with Gasteiger partial charge in [-0.05, 0) is 29.8 Å². The molecule has 0 heterocycles. The quantitative estimate of drug-likeness (QED) is 0.854. The average Bonchev–Trinajstić information content (AvgIpc) is 2.39. The Morgan fingerprint density at radius 3 is 2.35 bits per heavy atom. The highest BCUT2D eigenvalue weighted by Crippen LogP contribution is 2.19. The third kappa shape index (κ3) is 3.22. The van der Waals surface area contributed by atoms with Gasteiger partial charge in [0.25, 0.3) is 5.91 Å². The first kappa shape index (κ1) is 14.2. The topological polar surface area (TPSA) is 72.3 Å². The fourth-order valence-corrected chi connectivity index (χ4v) is 2.17. The number of amides is 1. The number of carbonyl (C=O) groups excluding carboxylic acids is 1. The summed E-state index contributed by atoms with van der Waals surface area (Å²) >= 11 is 6.09. The summed E-state index contributed by atoms with van der Waals surface area (Å²) in [7, 11) is 1.71. The molecule has 0 bridgehead atoms. The van der Waals surface area contributed by atoms with Crippen LogP contribution in [0.25, 0.3) is 0 Å². The van der Waals surface area contributed by atoms with E-state index in [-0.39, 0.29) is 5.91 Å². The van der Waals surface area contributed by atoms with Crippen molar-refractivity contribution in [2.24, 2.45) is 0 Å². The Hall–Kier alpha value is -2.20. The molecule has 0 aliphatic rings. The molecule has 0 atom stereocenters. The lowest BCUT2D eigenvalue weighted by molar-refractivity contribution is 0.0785. The number of rotatable bonds is 3. The highest BCUT2D eigenvalue weighted by atomic mass is 35.5. The first-order valence-corrected chi connectivity index (χ1v) is 6.50. The monoisotopic (exact) mass is 289 g/mol. The number of halogens is 1. The van der Waals surface area contributed by atoms with Crippen LogP contribution in [0.2, 0.25) is 5.02 Å². The minimum absolute atomic E-state index is 0.149. The van der Waals surface area contributed by atoms with Crippen molar-refractivity contribution < 1.29 is 4.79 Å². The number of carbonyl (C=O) groups is 1. The van der Waals surface area contributed by atoms with Crippen LogP contribution in [0, 0.1) is 0 Å². The van der Waals surface area contributed by atoms with E-state index in [1.807, 2.05) is 18.2 Å². The Balaban J connectivity index is 2.18. The van der Waals surface area contributed by atoms with Gasteiger partial charge in [-0.25, -0.2) is 0 Å². The standard InChI is InChI=1S/C15H16ClN3O/c1-19(9-10-4-2-3-5-14(10)16)15(20)11-6-12(17)8-13(18)7-11/h2-8H,9,17-18H2,1H3. The lowest BCUT2D eigenvalue weighted by Gasteiger charge is -2.18. The van der Waals surface area contributed by atoms with Crippen LogP contribution in [0.15, 0.2) is 42.5 Å². The van der Waals surface area contributed by atoms with Crippen LogP contribution < -0.4 is 11.5 Å². The second-order valence-electron chi connectivity index (χ2n) is 4.64. The molecular formula is C15H16ClN3O. The highest BCUT2D eigenvalue weighted by Gasteiger charge is 2.14. The lowest BCUT2D eigenvalue weighted by Crippen LogP contribution is -2.26. The number of benzene rings is 2. The zero-order chi connectivity index (χ0) is 14.7. The van der Waals surface area contributed by atoms with Crippen molar-refractivity contribution >= 4 is 28.9 Å². The van der Waals surface area contributed by atoms with Gasteiger partial charge in [-0.3, -0.25) is 4.79 Å². The van der Waals surface area contributed by atoms with Crippen molar-refractivity contribution in [2.75, 3.05) is 18.5 Å². The second kappa shape index (κ2) is 5.84. The van der Waals surface area contributed by atoms with Gasteiger partial charge >= 0.3 is 0 Å². The highest BCUT2D eigenvalue weighted by molar-refractivity contribution is 6.31. The van der Waals surface area contributed by atoms with E-state index in [2.05, 4.69) is 0 Å². The molecule has 0 aliphatic heterocycles. The van der Waals surface area contributed by atoms with Gasteiger partial charge in [0.15, 0.2) is 0 Å². The maximum Gasteiger partial charge on any atom is 0.254 e. The van der Waals surface area contributed by atoms with Crippen molar-refractivity contribution in [3.63, 3.8) is 0 Å². The van der Waals surface area contributed by atoms with Gasteiger partial charge in [0.1, 0.15) is 0 Å². The maximum atomic E-state index is 12.3. The van der Waals surface area contributed by atoms with Crippen molar-refractivity contribution in [1.29, 1.82) is 0 Å². The van der Waals surface area contributed by atoms with E-state index < -0.39 is 0 Å². The van der Waals surface area contributed by atoms with Crippen LogP contribution in [0.3, 0.4) is 0 Å².